The van der Waals surface area contributed by atoms with Crippen LogP contribution in [0, 0.1) is 0 Å². The van der Waals surface area contributed by atoms with Gasteiger partial charge in [-0.2, -0.15) is 0 Å². The van der Waals surface area contributed by atoms with Crippen molar-refractivity contribution in [2.75, 3.05) is 11.5 Å². The summed E-state index contributed by atoms with van der Waals surface area (Å²) in [7, 11) is 0. The summed E-state index contributed by atoms with van der Waals surface area (Å²) < 4.78 is 0. The topological polar surface area (TPSA) is 127 Å². The maximum Gasteiger partial charge on any atom is 0.336 e. The minimum atomic E-state index is -1.18. The van der Waals surface area contributed by atoms with E-state index in [-0.39, 0.29) is 42.7 Å². The number of rotatable bonds is 3. The van der Waals surface area contributed by atoms with Gasteiger partial charge >= 0.3 is 11.9 Å². The summed E-state index contributed by atoms with van der Waals surface area (Å²) in [6.45, 7) is 0. The second-order valence-electron chi connectivity index (χ2n) is 4.22. The van der Waals surface area contributed by atoms with Crippen LogP contribution in [-0.2, 0) is 20.4 Å². The molecule has 6 nitrogen and oxygen atoms in total. The van der Waals surface area contributed by atoms with Crippen LogP contribution in [0.3, 0.4) is 0 Å². The molecule has 7 heteroatoms. The molecule has 0 aliphatic carbocycles. The first-order valence-electron chi connectivity index (χ1n) is 5.66. The Labute approximate surface area is 134 Å². The Hall–Kier alpha value is -2.36. The van der Waals surface area contributed by atoms with Gasteiger partial charge in [-0.05, 0) is 35.4 Å². The third kappa shape index (κ3) is 3.40. The average Bonchev–Trinajstić information content (AvgIpc) is 2.38. The van der Waals surface area contributed by atoms with Gasteiger partial charge in [-0.1, -0.05) is 12.1 Å². The number of hydrogen-bond acceptors (Lipinski definition) is 4. The molecule has 0 fully saturated rings. The first-order valence-corrected chi connectivity index (χ1v) is 5.66. The van der Waals surface area contributed by atoms with Gasteiger partial charge in [0.15, 0.2) is 0 Å². The zero-order valence-electron chi connectivity index (χ0n) is 10.6. The Morgan fingerprint density at radius 2 is 1.10 bits per heavy atom. The van der Waals surface area contributed by atoms with Crippen LogP contribution >= 0.6 is 0 Å². The van der Waals surface area contributed by atoms with Crippen molar-refractivity contribution in [1.82, 2.24) is 0 Å². The molecule has 0 aromatic heterocycles. The third-order valence-corrected chi connectivity index (χ3v) is 2.84. The Bertz CT molecular complexity index is 655. The third-order valence-electron chi connectivity index (χ3n) is 2.84. The quantitative estimate of drug-likeness (QED) is 0.477. The molecule has 21 heavy (non-hydrogen) atoms. The van der Waals surface area contributed by atoms with Gasteiger partial charge in [0.1, 0.15) is 0 Å². The van der Waals surface area contributed by atoms with Crippen molar-refractivity contribution in [2.24, 2.45) is 0 Å². The van der Waals surface area contributed by atoms with Crippen molar-refractivity contribution in [3.63, 3.8) is 0 Å². The minimum absolute atomic E-state index is 0. The molecule has 2 aromatic carbocycles. The van der Waals surface area contributed by atoms with Gasteiger partial charge in [-0.15, -0.1) is 0 Å². The summed E-state index contributed by atoms with van der Waals surface area (Å²) in [5.41, 5.74) is 12.2. The van der Waals surface area contributed by atoms with Gasteiger partial charge in [-0.25, -0.2) is 9.59 Å². The summed E-state index contributed by atoms with van der Waals surface area (Å²) in [6.07, 6.45) is 0. The van der Waals surface area contributed by atoms with Crippen LogP contribution in [0.15, 0.2) is 36.4 Å². The van der Waals surface area contributed by atoms with Crippen molar-refractivity contribution in [3.8, 4) is 11.1 Å². The first kappa shape index (κ1) is 16.7. The Balaban J connectivity index is 0.00000220. The number of nitrogen functional groups attached to an aromatic ring is 2. The zero-order chi connectivity index (χ0) is 14.9. The minimum Gasteiger partial charge on any atom is -0.478 e. The first-order chi connectivity index (χ1) is 9.40. The predicted octanol–water partition coefficient (Wildman–Crippen LogP) is 1.91. The van der Waals surface area contributed by atoms with Crippen molar-refractivity contribution in [1.29, 1.82) is 0 Å². The van der Waals surface area contributed by atoms with Crippen LogP contribution in [0.2, 0.25) is 0 Å². The normalized spacial score (nSPS) is 9.71. The number of carboxylic acids is 2. The number of benzene rings is 2. The molecule has 0 heterocycles. The van der Waals surface area contributed by atoms with E-state index < -0.39 is 11.9 Å². The van der Waals surface area contributed by atoms with Crippen LogP contribution < -0.4 is 11.5 Å². The molecule has 0 bridgehead atoms. The molecule has 0 saturated carbocycles. The van der Waals surface area contributed by atoms with E-state index in [1.165, 1.54) is 36.4 Å². The summed E-state index contributed by atoms with van der Waals surface area (Å²) in [4.78, 5) is 22.5. The molecular weight excluding hydrogens is 367 g/mol. The number of hydrogen-bond donors (Lipinski definition) is 4. The van der Waals surface area contributed by atoms with Crippen molar-refractivity contribution in [3.05, 3.63) is 47.5 Å². The molecule has 0 radical (unpaired) electrons. The van der Waals surface area contributed by atoms with Crippen LogP contribution in [-0.4, -0.2) is 22.2 Å². The smallest absolute Gasteiger partial charge is 0.336 e. The van der Waals surface area contributed by atoms with Gasteiger partial charge in [0.2, 0.25) is 0 Å². The number of anilines is 2. The second kappa shape index (κ2) is 6.39. The van der Waals surface area contributed by atoms with Crippen molar-refractivity contribution < 1.29 is 40.2 Å². The van der Waals surface area contributed by atoms with Gasteiger partial charge in [0, 0.05) is 31.8 Å². The van der Waals surface area contributed by atoms with E-state index in [0.29, 0.717) is 11.4 Å². The maximum absolute atomic E-state index is 11.3. The van der Waals surface area contributed by atoms with E-state index in [0.717, 1.165) is 0 Å². The molecule has 112 valence electrons. The van der Waals surface area contributed by atoms with Gasteiger partial charge in [0.25, 0.3) is 0 Å². The van der Waals surface area contributed by atoms with Crippen molar-refractivity contribution >= 4 is 23.3 Å². The van der Waals surface area contributed by atoms with E-state index in [1.807, 2.05) is 0 Å². The molecule has 0 atom stereocenters. The fourth-order valence-electron chi connectivity index (χ4n) is 1.95. The standard InChI is InChI=1S/C14H12N2O4.Pd/c15-7-1-3-9(11(5-7)13(17)18)10-4-2-8(16)6-12(10)14(19)20;/h1-6H,15-16H2,(H,17,18)(H,19,20);. The molecule has 6 N–H and O–H groups in total. The monoisotopic (exact) mass is 378 g/mol. The summed E-state index contributed by atoms with van der Waals surface area (Å²) in [6, 6.07) is 8.58. The molecule has 0 saturated heterocycles. The molecule has 0 aliphatic rings. The molecule has 2 rings (SSSR count). The Morgan fingerprint density at radius 1 is 0.762 bits per heavy atom. The number of nitrogens with two attached hydrogens (primary N) is 2. The summed E-state index contributed by atoms with van der Waals surface area (Å²) in [5.74, 6) is -2.36. The molecule has 0 aliphatic heterocycles. The summed E-state index contributed by atoms with van der Waals surface area (Å²) >= 11 is 0. The Kier molecular flexibility index (Phi) is 5.08. The maximum atomic E-state index is 11.3. The number of carboxylic acid groups (broad SMARTS) is 2. The molecule has 0 unspecified atom stereocenters. The van der Waals surface area contributed by atoms with Gasteiger partial charge < -0.3 is 21.7 Å². The summed E-state index contributed by atoms with van der Waals surface area (Å²) in [5, 5.41) is 18.4. The number of carbonyl (C=O) groups is 2. The molecular formula is C14H12N2O4Pd. The van der Waals surface area contributed by atoms with E-state index in [4.69, 9.17) is 11.5 Å². The molecule has 2 aromatic rings. The van der Waals surface area contributed by atoms with Crippen molar-refractivity contribution in [2.45, 2.75) is 0 Å². The van der Waals surface area contributed by atoms with E-state index >= 15 is 0 Å². The fraction of sp³-hybridized carbons (Fsp3) is 0. The molecule has 0 spiro atoms. The largest absolute Gasteiger partial charge is 0.478 e. The Morgan fingerprint density at radius 3 is 1.38 bits per heavy atom. The van der Waals surface area contributed by atoms with Crippen LogP contribution in [0.1, 0.15) is 20.7 Å². The van der Waals surface area contributed by atoms with E-state index in [1.54, 1.807) is 0 Å². The number of aromatic carboxylic acids is 2. The van der Waals surface area contributed by atoms with Crippen LogP contribution in [0.5, 0.6) is 0 Å². The van der Waals surface area contributed by atoms with Gasteiger partial charge in [0.05, 0.1) is 11.1 Å². The predicted molar refractivity (Wildman–Crippen MR) is 74.6 cm³/mol. The SMILES string of the molecule is Nc1ccc(-c2ccc(N)cc2C(=O)O)c(C(=O)O)c1.[Pd]. The molecule has 0 amide bonds. The fourth-order valence-corrected chi connectivity index (χ4v) is 1.95. The average molecular weight is 379 g/mol. The second-order valence-corrected chi connectivity index (χ2v) is 4.22. The van der Waals surface area contributed by atoms with E-state index in [9.17, 15) is 19.8 Å². The van der Waals surface area contributed by atoms with Crippen LogP contribution in [0.25, 0.3) is 11.1 Å². The van der Waals surface area contributed by atoms with Crippen LogP contribution in [0.4, 0.5) is 11.4 Å². The van der Waals surface area contributed by atoms with E-state index in [2.05, 4.69) is 0 Å². The zero-order valence-corrected chi connectivity index (χ0v) is 12.2. The van der Waals surface area contributed by atoms with Gasteiger partial charge in [-0.3, -0.25) is 0 Å².